The van der Waals surface area contributed by atoms with E-state index < -0.39 is 0 Å². The van der Waals surface area contributed by atoms with Crippen molar-refractivity contribution in [3.63, 3.8) is 0 Å². The first-order valence-corrected chi connectivity index (χ1v) is 10.4. The highest BCUT2D eigenvalue weighted by atomic mass is 32.1. The van der Waals surface area contributed by atoms with Gasteiger partial charge in [-0.3, -0.25) is 9.69 Å². The van der Waals surface area contributed by atoms with Gasteiger partial charge >= 0.3 is 0 Å². The number of amides is 1. The van der Waals surface area contributed by atoms with E-state index in [0.29, 0.717) is 18.4 Å². The van der Waals surface area contributed by atoms with Crippen LogP contribution in [0.4, 0.5) is 0 Å². The van der Waals surface area contributed by atoms with Gasteiger partial charge in [0.2, 0.25) is 5.91 Å². The summed E-state index contributed by atoms with van der Waals surface area (Å²) >= 11 is 1.69. The fraction of sp³-hybridized carbons (Fsp3) is 0.737. The molecule has 2 aliphatic rings. The highest BCUT2D eigenvalue weighted by Crippen LogP contribution is 2.27. The molecule has 0 saturated carbocycles. The molecule has 6 heteroatoms. The Bertz CT molecular complexity index is 517. The molecule has 5 nitrogen and oxygen atoms in total. The van der Waals surface area contributed by atoms with Crippen molar-refractivity contribution in [1.29, 1.82) is 0 Å². The molecular weight excluding hydrogens is 336 g/mol. The van der Waals surface area contributed by atoms with Crippen LogP contribution in [0.3, 0.4) is 0 Å². The van der Waals surface area contributed by atoms with E-state index in [0.717, 1.165) is 65.1 Å². The lowest BCUT2D eigenvalue weighted by molar-refractivity contribution is -0.134. The average molecular weight is 367 g/mol. The molecule has 2 fully saturated rings. The molecule has 140 valence electrons. The van der Waals surface area contributed by atoms with Crippen LogP contribution in [-0.2, 0) is 16.0 Å². The highest BCUT2D eigenvalue weighted by molar-refractivity contribution is 7.07. The first-order valence-electron chi connectivity index (χ1n) is 9.49. The van der Waals surface area contributed by atoms with Crippen molar-refractivity contribution in [3.8, 4) is 0 Å². The predicted octanol–water partition coefficient (Wildman–Crippen LogP) is 2.00. The van der Waals surface area contributed by atoms with Crippen molar-refractivity contribution in [2.45, 2.75) is 38.1 Å². The minimum atomic E-state index is 0.235. The molecule has 0 unspecified atom stereocenters. The van der Waals surface area contributed by atoms with E-state index in [-0.39, 0.29) is 12.5 Å². The zero-order valence-corrected chi connectivity index (χ0v) is 15.8. The molecule has 25 heavy (non-hydrogen) atoms. The van der Waals surface area contributed by atoms with Gasteiger partial charge in [-0.2, -0.15) is 11.3 Å². The average Bonchev–Trinajstić information content (AvgIpc) is 3.18. The van der Waals surface area contributed by atoms with Crippen molar-refractivity contribution in [2.75, 3.05) is 46.0 Å². The van der Waals surface area contributed by atoms with E-state index in [1.54, 1.807) is 11.3 Å². The van der Waals surface area contributed by atoms with Gasteiger partial charge in [0.05, 0.1) is 13.2 Å². The Balaban J connectivity index is 1.55. The summed E-state index contributed by atoms with van der Waals surface area (Å²) in [6.45, 7) is 5.54. The van der Waals surface area contributed by atoms with Crippen LogP contribution in [0.2, 0.25) is 0 Å². The quantitative estimate of drug-likeness (QED) is 0.802. The lowest BCUT2D eigenvalue weighted by Crippen LogP contribution is -2.55. The van der Waals surface area contributed by atoms with E-state index in [2.05, 4.69) is 26.6 Å². The number of aryl methyl sites for hydroxylation is 1. The van der Waals surface area contributed by atoms with Gasteiger partial charge in [-0.05, 0) is 54.0 Å². The number of aliphatic hydroxyl groups is 1. The van der Waals surface area contributed by atoms with Crippen LogP contribution in [0.15, 0.2) is 16.8 Å². The third-order valence-corrected chi connectivity index (χ3v) is 6.23. The monoisotopic (exact) mass is 366 g/mol. The SMILES string of the molecule is O=C(CCc1ccsc1)N1CC[C@H](N2CCOCC2)[C@H](CCCO)C1. The Kier molecular flexibility index (Phi) is 7.28. The number of hydrogen-bond donors (Lipinski definition) is 1. The molecule has 1 aromatic heterocycles. The first kappa shape index (κ1) is 18.8. The van der Waals surface area contributed by atoms with Crippen molar-refractivity contribution in [2.24, 2.45) is 5.92 Å². The molecule has 2 saturated heterocycles. The molecule has 0 bridgehead atoms. The molecule has 3 heterocycles. The van der Waals surface area contributed by atoms with Crippen LogP contribution in [0.1, 0.15) is 31.2 Å². The summed E-state index contributed by atoms with van der Waals surface area (Å²) in [7, 11) is 0. The Morgan fingerprint density at radius 2 is 2.16 bits per heavy atom. The molecular formula is C19H30N2O3S. The minimum absolute atomic E-state index is 0.235. The molecule has 3 rings (SSSR count). The van der Waals surface area contributed by atoms with E-state index in [1.165, 1.54) is 5.56 Å². The number of likely N-dealkylation sites (tertiary alicyclic amines) is 1. The third kappa shape index (κ3) is 5.26. The maximum Gasteiger partial charge on any atom is 0.222 e. The number of thiophene rings is 1. The van der Waals surface area contributed by atoms with Gasteiger partial charge in [0, 0.05) is 45.2 Å². The smallest absolute Gasteiger partial charge is 0.222 e. The zero-order chi connectivity index (χ0) is 17.5. The summed E-state index contributed by atoms with van der Waals surface area (Å²) < 4.78 is 5.49. The summed E-state index contributed by atoms with van der Waals surface area (Å²) in [5, 5.41) is 13.4. The number of ether oxygens (including phenoxy) is 1. The molecule has 1 aromatic rings. The van der Waals surface area contributed by atoms with E-state index >= 15 is 0 Å². The third-order valence-electron chi connectivity index (χ3n) is 5.50. The number of rotatable bonds is 7. The van der Waals surface area contributed by atoms with Crippen LogP contribution in [0, 0.1) is 5.92 Å². The number of aliphatic hydroxyl groups excluding tert-OH is 1. The number of carbonyl (C=O) groups excluding carboxylic acids is 1. The zero-order valence-electron chi connectivity index (χ0n) is 14.9. The van der Waals surface area contributed by atoms with Crippen molar-refractivity contribution in [1.82, 2.24) is 9.80 Å². The van der Waals surface area contributed by atoms with E-state index in [9.17, 15) is 9.90 Å². The number of hydrogen-bond acceptors (Lipinski definition) is 5. The maximum absolute atomic E-state index is 12.6. The van der Waals surface area contributed by atoms with Crippen LogP contribution in [0.5, 0.6) is 0 Å². The Labute approximate surface area is 154 Å². The Morgan fingerprint density at radius 3 is 2.88 bits per heavy atom. The second-order valence-electron chi connectivity index (χ2n) is 7.10. The summed E-state index contributed by atoms with van der Waals surface area (Å²) in [6.07, 6.45) is 4.30. The van der Waals surface area contributed by atoms with E-state index in [1.807, 2.05) is 0 Å². The van der Waals surface area contributed by atoms with Crippen LogP contribution < -0.4 is 0 Å². The lowest BCUT2D eigenvalue weighted by atomic mass is 9.86. The molecule has 0 spiro atoms. The van der Waals surface area contributed by atoms with Crippen LogP contribution in [0.25, 0.3) is 0 Å². The predicted molar refractivity (Wildman–Crippen MR) is 99.8 cm³/mol. The lowest BCUT2D eigenvalue weighted by Gasteiger charge is -2.45. The number of carbonyl (C=O) groups is 1. The topological polar surface area (TPSA) is 53.0 Å². The van der Waals surface area contributed by atoms with E-state index in [4.69, 9.17) is 4.74 Å². The Hall–Kier alpha value is -0.950. The van der Waals surface area contributed by atoms with Crippen molar-refractivity contribution >= 4 is 17.2 Å². The molecule has 0 aliphatic carbocycles. The number of piperidine rings is 1. The summed E-state index contributed by atoms with van der Waals surface area (Å²) in [5.74, 6) is 0.740. The molecule has 2 aliphatic heterocycles. The minimum Gasteiger partial charge on any atom is -0.396 e. The van der Waals surface area contributed by atoms with Gasteiger partial charge < -0.3 is 14.7 Å². The van der Waals surface area contributed by atoms with Crippen molar-refractivity contribution < 1.29 is 14.6 Å². The number of morpholine rings is 1. The van der Waals surface area contributed by atoms with Gasteiger partial charge in [-0.25, -0.2) is 0 Å². The second kappa shape index (κ2) is 9.67. The summed E-state index contributed by atoms with van der Waals surface area (Å²) in [5.41, 5.74) is 1.26. The normalized spacial score (nSPS) is 25.2. The highest BCUT2D eigenvalue weighted by Gasteiger charge is 2.34. The van der Waals surface area contributed by atoms with Gasteiger partial charge in [-0.15, -0.1) is 0 Å². The molecule has 0 radical (unpaired) electrons. The summed E-state index contributed by atoms with van der Waals surface area (Å²) in [4.78, 5) is 17.2. The largest absolute Gasteiger partial charge is 0.396 e. The van der Waals surface area contributed by atoms with Gasteiger partial charge in [-0.1, -0.05) is 0 Å². The standard InChI is InChI=1S/C19H30N2O3S/c22-10-1-2-17-14-21(19(23)4-3-16-6-13-25-15-16)7-5-18(17)20-8-11-24-12-9-20/h6,13,15,17-18,22H,1-5,7-12,14H2/t17-,18+/m1/s1. The summed E-state index contributed by atoms with van der Waals surface area (Å²) in [6, 6.07) is 2.63. The number of nitrogens with zero attached hydrogens (tertiary/aromatic N) is 2. The van der Waals surface area contributed by atoms with Gasteiger partial charge in [0.1, 0.15) is 0 Å². The molecule has 0 aromatic carbocycles. The molecule has 1 amide bonds. The molecule has 1 N–H and O–H groups in total. The fourth-order valence-corrected chi connectivity index (χ4v) is 4.82. The van der Waals surface area contributed by atoms with Crippen LogP contribution >= 0.6 is 11.3 Å². The Morgan fingerprint density at radius 1 is 1.32 bits per heavy atom. The maximum atomic E-state index is 12.6. The van der Waals surface area contributed by atoms with Crippen LogP contribution in [-0.4, -0.2) is 72.9 Å². The van der Waals surface area contributed by atoms with Gasteiger partial charge in [0.15, 0.2) is 0 Å². The molecule has 2 atom stereocenters. The fourth-order valence-electron chi connectivity index (χ4n) is 4.12. The second-order valence-corrected chi connectivity index (χ2v) is 7.88. The first-order chi connectivity index (χ1) is 12.3. The van der Waals surface area contributed by atoms with Gasteiger partial charge in [0.25, 0.3) is 0 Å². The van der Waals surface area contributed by atoms with Crippen molar-refractivity contribution in [3.05, 3.63) is 22.4 Å².